The monoisotopic (exact) mass is 954 g/mol. The van der Waals surface area contributed by atoms with Crippen LogP contribution < -0.4 is 31.1 Å². The Labute approximate surface area is 382 Å². The first-order valence-electron chi connectivity index (χ1n) is 20.5. The van der Waals surface area contributed by atoms with Crippen LogP contribution in [0.4, 0.5) is 30.4 Å². The molecule has 0 radical (unpaired) electrons. The molecule has 1 aliphatic rings. The standard InChI is InChI=1S/C43H49F3N10O8S2/c1-25-36(65-24-50-25)28-9-7-26(8-10-28)21-49-40(59)31-6-5-17-56(31)41(60)37(42(2,3)4)52-32(57)22-63-18-19-64-33-20-30(15-16-48-33)51-39-34(38(47)58)35(53-54-39)27-11-13-29(14-12-27)55-66(61,62)23-43(44,45)46/h7-16,20,24,31,37,55H,5-6,17-19,21-23H2,1-4H3,(H2,47,58)(H,49,59)(H,52,57)(H2,48,51,53,54)/t31-,37+/m0/s1. The number of hydrogen-bond acceptors (Lipinski definition) is 13. The summed E-state index contributed by atoms with van der Waals surface area (Å²) in [6.07, 6.45) is -2.37. The molecule has 2 aromatic carbocycles. The Bertz CT molecular complexity index is 2630. The number of pyridine rings is 1. The zero-order valence-corrected chi connectivity index (χ0v) is 38.0. The van der Waals surface area contributed by atoms with E-state index in [-0.39, 0.29) is 60.3 Å². The number of thiazole rings is 1. The summed E-state index contributed by atoms with van der Waals surface area (Å²) in [5, 5.41) is 15.6. The van der Waals surface area contributed by atoms with Crippen molar-refractivity contribution < 1.29 is 50.2 Å². The minimum atomic E-state index is -4.93. The predicted octanol–water partition coefficient (Wildman–Crippen LogP) is 5.28. The summed E-state index contributed by atoms with van der Waals surface area (Å²) in [5.74, 6) is -3.84. The van der Waals surface area contributed by atoms with Gasteiger partial charge >= 0.3 is 6.18 Å². The number of carbonyl (C=O) groups is 4. The number of carbonyl (C=O) groups excluding carboxylic acids is 4. The Morgan fingerprint density at radius 2 is 1.70 bits per heavy atom. The number of anilines is 3. The number of halogens is 3. The molecule has 3 aromatic heterocycles. The van der Waals surface area contributed by atoms with Crippen molar-refractivity contribution in [2.75, 3.05) is 42.2 Å². The Kier molecular flexibility index (Phi) is 15.3. The van der Waals surface area contributed by atoms with Gasteiger partial charge in [0.2, 0.25) is 33.6 Å². The number of amides is 4. The van der Waals surface area contributed by atoms with Gasteiger partial charge < -0.3 is 36.1 Å². The average molecular weight is 955 g/mol. The second-order valence-electron chi connectivity index (χ2n) is 16.4. The minimum Gasteiger partial charge on any atom is -0.475 e. The van der Waals surface area contributed by atoms with Crippen LogP contribution in [-0.2, 0) is 35.7 Å². The molecule has 5 aromatic rings. The Hall–Kier alpha value is -6.59. The largest absolute Gasteiger partial charge is 0.475 e. The third-order valence-electron chi connectivity index (χ3n) is 10.2. The van der Waals surface area contributed by atoms with E-state index >= 15 is 0 Å². The zero-order chi connectivity index (χ0) is 47.8. The van der Waals surface area contributed by atoms with Crippen molar-refractivity contribution in [1.29, 1.82) is 0 Å². The van der Waals surface area contributed by atoms with Crippen LogP contribution in [0.1, 0.15) is 55.2 Å². The number of hydrogen-bond donors (Lipinski definition) is 6. The molecule has 0 aliphatic carbocycles. The molecule has 4 amide bonds. The molecule has 2 atom stereocenters. The first-order valence-corrected chi connectivity index (χ1v) is 23.1. The van der Waals surface area contributed by atoms with E-state index in [1.54, 1.807) is 22.9 Å². The second kappa shape index (κ2) is 20.7. The van der Waals surface area contributed by atoms with Crippen molar-refractivity contribution in [3.8, 4) is 27.6 Å². The maximum atomic E-state index is 14.0. The molecular weight excluding hydrogens is 906 g/mol. The third kappa shape index (κ3) is 13.0. The van der Waals surface area contributed by atoms with Crippen LogP contribution in [0.2, 0.25) is 0 Å². The van der Waals surface area contributed by atoms with E-state index in [1.165, 1.54) is 41.4 Å². The fourth-order valence-electron chi connectivity index (χ4n) is 7.07. The normalized spacial score (nSPS) is 14.7. The number of benzene rings is 2. The van der Waals surface area contributed by atoms with E-state index in [2.05, 4.69) is 36.1 Å². The lowest BCUT2D eigenvalue weighted by Gasteiger charge is -2.35. The van der Waals surface area contributed by atoms with Crippen LogP contribution in [0.5, 0.6) is 5.88 Å². The van der Waals surface area contributed by atoms with E-state index < -0.39 is 51.3 Å². The average Bonchev–Trinajstić information content (AvgIpc) is 4.01. The smallest absolute Gasteiger partial charge is 0.404 e. The molecule has 66 heavy (non-hydrogen) atoms. The molecule has 0 unspecified atom stereocenters. The van der Waals surface area contributed by atoms with Crippen molar-refractivity contribution in [2.45, 2.75) is 65.3 Å². The quantitative estimate of drug-likeness (QED) is 0.0579. The molecular formula is C43H49F3N10O8S2. The van der Waals surface area contributed by atoms with E-state index in [0.29, 0.717) is 37.2 Å². The zero-order valence-electron chi connectivity index (χ0n) is 36.3. The number of H-pyrrole nitrogens is 1. The van der Waals surface area contributed by atoms with Gasteiger partial charge in [-0.1, -0.05) is 57.2 Å². The lowest BCUT2D eigenvalue weighted by molar-refractivity contribution is -0.144. The number of ether oxygens (including phenoxy) is 2. The molecule has 1 saturated heterocycles. The van der Waals surface area contributed by atoms with Gasteiger partial charge in [-0.05, 0) is 54.5 Å². The van der Waals surface area contributed by atoms with Crippen LogP contribution in [0, 0.1) is 12.3 Å². The highest BCUT2D eigenvalue weighted by atomic mass is 32.2. The van der Waals surface area contributed by atoms with E-state index in [9.17, 15) is 40.8 Å². The molecule has 0 bridgehead atoms. The Morgan fingerprint density at radius 1 is 0.985 bits per heavy atom. The molecule has 6 rings (SSSR count). The summed E-state index contributed by atoms with van der Waals surface area (Å²) in [6.45, 7) is 7.69. The van der Waals surface area contributed by atoms with Gasteiger partial charge in [0.15, 0.2) is 5.75 Å². The second-order valence-corrected chi connectivity index (χ2v) is 19.0. The Morgan fingerprint density at radius 3 is 2.35 bits per heavy atom. The van der Waals surface area contributed by atoms with Crippen LogP contribution in [0.3, 0.4) is 0 Å². The highest BCUT2D eigenvalue weighted by Gasteiger charge is 2.42. The summed E-state index contributed by atoms with van der Waals surface area (Å²) in [5.41, 5.74) is 10.3. The molecule has 7 N–H and O–H groups in total. The number of likely N-dealkylation sites (tertiary alicyclic amines) is 1. The maximum Gasteiger partial charge on any atom is 0.404 e. The molecule has 18 nitrogen and oxygen atoms in total. The van der Waals surface area contributed by atoms with Gasteiger partial charge in [-0.15, -0.1) is 11.3 Å². The third-order valence-corrected chi connectivity index (χ3v) is 12.4. The van der Waals surface area contributed by atoms with Gasteiger partial charge in [0, 0.05) is 42.3 Å². The van der Waals surface area contributed by atoms with Crippen LogP contribution in [0.25, 0.3) is 21.7 Å². The summed E-state index contributed by atoms with van der Waals surface area (Å²) in [4.78, 5) is 64.0. The number of aromatic amines is 1. The number of nitrogens with one attached hydrogen (secondary N) is 5. The van der Waals surface area contributed by atoms with E-state index in [4.69, 9.17) is 15.2 Å². The summed E-state index contributed by atoms with van der Waals surface area (Å²) >= 11 is 1.57. The lowest BCUT2D eigenvalue weighted by atomic mass is 9.85. The topological polar surface area (TPSA) is 253 Å². The number of rotatable bonds is 19. The minimum absolute atomic E-state index is 0.0189. The van der Waals surface area contributed by atoms with Gasteiger partial charge in [0.1, 0.15) is 42.4 Å². The van der Waals surface area contributed by atoms with Crippen LogP contribution in [-0.4, -0.2) is 107 Å². The first-order chi connectivity index (χ1) is 31.2. The number of alkyl halides is 3. The molecule has 1 aliphatic heterocycles. The molecule has 23 heteroatoms. The summed E-state index contributed by atoms with van der Waals surface area (Å²) in [6, 6.07) is 14.5. The number of sulfonamides is 1. The van der Waals surface area contributed by atoms with Crippen molar-refractivity contribution in [1.82, 2.24) is 35.7 Å². The molecule has 0 saturated carbocycles. The number of aromatic nitrogens is 4. The lowest BCUT2D eigenvalue weighted by Crippen LogP contribution is -2.58. The molecule has 352 valence electrons. The summed E-state index contributed by atoms with van der Waals surface area (Å²) < 4.78 is 74.7. The van der Waals surface area contributed by atoms with Gasteiger partial charge in [0.05, 0.1) is 22.7 Å². The van der Waals surface area contributed by atoms with Gasteiger partial charge in [0.25, 0.3) is 5.91 Å². The number of aryl methyl sites for hydroxylation is 1. The first kappa shape index (κ1) is 48.9. The molecule has 4 heterocycles. The maximum absolute atomic E-state index is 14.0. The highest BCUT2D eigenvalue weighted by Crippen LogP contribution is 2.32. The van der Waals surface area contributed by atoms with Crippen molar-refractivity contribution in [3.05, 3.63) is 89.2 Å². The highest BCUT2D eigenvalue weighted by molar-refractivity contribution is 7.92. The fourth-order valence-corrected chi connectivity index (χ4v) is 8.88. The van der Waals surface area contributed by atoms with Crippen LogP contribution in [0.15, 0.2) is 72.4 Å². The van der Waals surface area contributed by atoms with Crippen LogP contribution >= 0.6 is 11.3 Å². The molecule has 1 fully saturated rings. The number of nitrogens with zero attached hydrogens (tertiary/aromatic N) is 4. The van der Waals surface area contributed by atoms with Gasteiger partial charge in [-0.3, -0.25) is 29.0 Å². The SMILES string of the molecule is Cc1ncsc1-c1ccc(CNC(=O)[C@@H]2CCCN2C(=O)[C@@H](NC(=O)COCCOc2cc(Nc3[nH]nc(-c4ccc(NS(=O)(=O)CC(F)(F)F)cc4)c3C(N)=O)ccn2)C(C)(C)C)cc1. The van der Waals surface area contributed by atoms with Gasteiger partial charge in [-0.25, -0.2) is 18.4 Å². The predicted molar refractivity (Wildman–Crippen MR) is 240 cm³/mol. The van der Waals surface area contributed by atoms with Crippen molar-refractivity contribution in [3.63, 3.8) is 0 Å². The van der Waals surface area contributed by atoms with E-state index in [0.717, 1.165) is 21.7 Å². The van der Waals surface area contributed by atoms with Gasteiger partial charge in [-0.2, -0.15) is 18.3 Å². The van der Waals surface area contributed by atoms with E-state index in [1.807, 2.05) is 56.7 Å². The van der Waals surface area contributed by atoms with Crippen molar-refractivity contribution in [2.24, 2.45) is 11.1 Å². The molecule has 0 spiro atoms. The number of nitrogens with two attached hydrogens (primary N) is 1. The fraction of sp³-hybridized carbons (Fsp3) is 0.372. The summed E-state index contributed by atoms with van der Waals surface area (Å²) in [7, 11) is -4.71. The van der Waals surface area contributed by atoms with Crippen molar-refractivity contribution >= 4 is 62.2 Å². The Balaban J connectivity index is 0.968. The number of primary amides is 1.